The molecular formula is C14H20N2O3. The maximum Gasteiger partial charge on any atom is 0.273 e. The summed E-state index contributed by atoms with van der Waals surface area (Å²) in [5.74, 6) is 0. The summed E-state index contributed by atoms with van der Waals surface area (Å²) in [5, 5.41) is 14.1. The lowest BCUT2D eigenvalue weighted by molar-refractivity contribution is -0.385. The van der Waals surface area contributed by atoms with Crippen molar-refractivity contribution in [1.29, 1.82) is 0 Å². The summed E-state index contributed by atoms with van der Waals surface area (Å²) in [7, 11) is 0. The summed E-state index contributed by atoms with van der Waals surface area (Å²) in [6.45, 7) is 2.31. The van der Waals surface area contributed by atoms with Crippen LogP contribution in [0.15, 0.2) is 24.3 Å². The molecule has 0 amide bonds. The molecular weight excluding hydrogens is 244 g/mol. The van der Waals surface area contributed by atoms with Gasteiger partial charge in [-0.15, -0.1) is 0 Å². The predicted octanol–water partition coefficient (Wildman–Crippen LogP) is 2.64. The second kappa shape index (κ2) is 7.21. The van der Waals surface area contributed by atoms with Crippen molar-refractivity contribution in [2.45, 2.75) is 38.3 Å². The van der Waals surface area contributed by atoms with Crippen molar-refractivity contribution in [2.75, 3.05) is 13.2 Å². The van der Waals surface area contributed by atoms with Crippen molar-refractivity contribution in [1.82, 2.24) is 5.32 Å². The van der Waals surface area contributed by atoms with E-state index >= 15 is 0 Å². The third kappa shape index (κ3) is 4.29. The van der Waals surface area contributed by atoms with Crippen molar-refractivity contribution in [3.05, 3.63) is 39.9 Å². The average Bonchev–Trinajstić information content (AvgIpc) is 2.92. The van der Waals surface area contributed by atoms with Gasteiger partial charge in [0.15, 0.2) is 0 Å². The fourth-order valence-corrected chi connectivity index (χ4v) is 2.39. The summed E-state index contributed by atoms with van der Waals surface area (Å²) in [6, 6.07) is 6.87. The predicted molar refractivity (Wildman–Crippen MR) is 73.0 cm³/mol. The van der Waals surface area contributed by atoms with Gasteiger partial charge in [-0.3, -0.25) is 10.1 Å². The lowest BCUT2D eigenvalue weighted by atomic mass is 10.1. The van der Waals surface area contributed by atoms with Crippen LogP contribution in [0.4, 0.5) is 5.69 Å². The molecule has 1 saturated heterocycles. The third-order valence-electron chi connectivity index (χ3n) is 3.41. The number of benzene rings is 1. The Morgan fingerprint density at radius 2 is 2.26 bits per heavy atom. The number of nitrogens with one attached hydrogen (secondary N) is 1. The summed E-state index contributed by atoms with van der Waals surface area (Å²) in [6.07, 6.45) is 4.89. The number of hydrogen-bond acceptors (Lipinski definition) is 4. The number of nitro benzene ring substituents is 1. The molecule has 1 heterocycles. The van der Waals surface area contributed by atoms with Gasteiger partial charge in [0, 0.05) is 24.8 Å². The van der Waals surface area contributed by atoms with Crippen molar-refractivity contribution >= 4 is 5.69 Å². The van der Waals surface area contributed by atoms with Gasteiger partial charge in [-0.05, 0) is 32.2 Å². The van der Waals surface area contributed by atoms with Crippen molar-refractivity contribution in [3.8, 4) is 0 Å². The Hall–Kier alpha value is -1.46. The number of ether oxygens (including phenoxy) is 1. The molecule has 0 spiro atoms. The highest BCUT2D eigenvalue weighted by atomic mass is 16.6. The van der Waals surface area contributed by atoms with E-state index in [2.05, 4.69) is 5.32 Å². The van der Waals surface area contributed by atoms with E-state index in [4.69, 9.17) is 4.74 Å². The standard InChI is InChI=1S/C14H20N2O3/c17-16(18)14-8-2-1-5-12(14)11-15-9-3-6-13-7-4-10-19-13/h1-2,5,8,13,15H,3-4,6-7,9-11H2. The van der Waals surface area contributed by atoms with E-state index in [1.807, 2.05) is 6.07 Å². The molecule has 1 aliphatic heterocycles. The molecule has 1 aliphatic rings. The topological polar surface area (TPSA) is 64.4 Å². The highest BCUT2D eigenvalue weighted by molar-refractivity contribution is 5.39. The normalized spacial score (nSPS) is 18.6. The van der Waals surface area contributed by atoms with Crippen molar-refractivity contribution < 1.29 is 9.66 Å². The Morgan fingerprint density at radius 3 is 3.00 bits per heavy atom. The molecule has 1 aromatic carbocycles. The van der Waals surface area contributed by atoms with Crippen LogP contribution in [0.5, 0.6) is 0 Å². The Bertz CT molecular complexity index is 417. The second-order valence-corrected chi connectivity index (χ2v) is 4.84. The van der Waals surface area contributed by atoms with Crippen molar-refractivity contribution in [2.24, 2.45) is 0 Å². The maximum absolute atomic E-state index is 10.8. The maximum atomic E-state index is 10.8. The molecule has 1 unspecified atom stereocenters. The van der Waals surface area contributed by atoms with Gasteiger partial charge in [0.2, 0.25) is 0 Å². The lowest BCUT2D eigenvalue weighted by Crippen LogP contribution is -2.17. The molecule has 1 N–H and O–H groups in total. The van der Waals surface area contributed by atoms with Crippen LogP contribution in [-0.2, 0) is 11.3 Å². The van der Waals surface area contributed by atoms with E-state index < -0.39 is 0 Å². The first-order chi connectivity index (χ1) is 9.27. The third-order valence-corrected chi connectivity index (χ3v) is 3.41. The Labute approximate surface area is 113 Å². The van der Waals surface area contributed by atoms with E-state index in [0.717, 1.165) is 31.6 Å². The van der Waals surface area contributed by atoms with Crippen LogP contribution >= 0.6 is 0 Å². The fraction of sp³-hybridized carbons (Fsp3) is 0.571. The summed E-state index contributed by atoms with van der Waals surface area (Å²) in [4.78, 5) is 10.5. The number of para-hydroxylation sites is 1. The largest absolute Gasteiger partial charge is 0.378 e. The first kappa shape index (κ1) is 14.0. The molecule has 0 bridgehead atoms. The zero-order valence-corrected chi connectivity index (χ0v) is 11.0. The van der Waals surface area contributed by atoms with Gasteiger partial charge in [-0.2, -0.15) is 0 Å². The van der Waals surface area contributed by atoms with Crippen LogP contribution in [0.2, 0.25) is 0 Å². The quantitative estimate of drug-likeness (QED) is 0.467. The zero-order valence-electron chi connectivity index (χ0n) is 11.0. The van der Waals surface area contributed by atoms with Crippen LogP contribution in [-0.4, -0.2) is 24.2 Å². The van der Waals surface area contributed by atoms with Gasteiger partial charge in [-0.25, -0.2) is 0 Å². The molecule has 0 aliphatic carbocycles. The van der Waals surface area contributed by atoms with Crippen LogP contribution in [0, 0.1) is 10.1 Å². The van der Waals surface area contributed by atoms with Gasteiger partial charge in [0.05, 0.1) is 11.0 Å². The summed E-state index contributed by atoms with van der Waals surface area (Å²) >= 11 is 0. The highest BCUT2D eigenvalue weighted by Gasteiger charge is 2.15. The van der Waals surface area contributed by atoms with E-state index in [1.54, 1.807) is 18.2 Å². The summed E-state index contributed by atoms with van der Waals surface area (Å²) < 4.78 is 5.55. The average molecular weight is 264 g/mol. The molecule has 19 heavy (non-hydrogen) atoms. The SMILES string of the molecule is O=[N+]([O-])c1ccccc1CNCCCC1CCCO1. The van der Waals surface area contributed by atoms with Gasteiger partial charge in [0.25, 0.3) is 5.69 Å². The molecule has 0 saturated carbocycles. The second-order valence-electron chi connectivity index (χ2n) is 4.84. The van der Waals surface area contributed by atoms with Gasteiger partial charge in [0.1, 0.15) is 0 Å². The van der Waals surface area contributed by atoms with E-state index in [0.29, 0.717) is 12.6 Å². The fourth-order valence-electron chi connectivity index (χ4n) is 2.39. The monoisotopic (exact) mass is 264 g/mol. The van der Waals surface area contributed by atoms with Gasteiger partial charge < -0.3 is 10.1 Å². The molecule has 0 radical (unpaired) electrons. The minimum absolute atomic E-state index is 0.189. The molecule has 1 fully saturated rings. The molecule has 5 heteroatoms. The molecule has 1 aromatic rings. The van der Waals surface area contributed by atoms with E-state index in [-0.39, 0.29) is 10.6 Å². The lowest BCUT2D eigenvalue weighted by Gasteiger charge is -2.09. The van der Waals surface area contributed by atoms with Crippen LogP contribution in [0.25, 0.3) is 0 Å². The smallest absolute Gasteiger partial charge is 0.273 e. The van der Waals surface area contributed by atoms with Crippen LogP contribution in [0.3, 0.4) is 0 Å². The van der Waals surface area contributed by atoms with E-state index in [1.165, 1.54) is 12.8 Å². The Kier molecular flexibility index (Phi) is 5.30. The molecule has 5 nitrogen and oxygen atoms in total. The molecule has 2 rings (SSSR count). The molecule has 104 valence electrons. The Morgan fingerprint density at radius 1 is 1.42 bits per heavy atom. The number of rotatable bonds is 7. The van der Waals surface area contributed by atoms with Gasteiger partial charge >= 0.3 is 0 Å². The molecule has 0 aromatic heterocycles. The number of hydrogen-bond donors (Lipinski definition) is 1. The minimum Gasteiger partial charge on any atom is -0.378 e. The zero-order chi connectivity index (χ0) is 13.5. The Balaban J connectivity index is 1.69. The van der Waals surface area contributed by atoms with E-state index in [9.17, 15) is 10.1 Å². The first-order valence-corrected chi connectivity index (χ1v) is 6.82. The van der Waals surface area contributed by atoms with Crippen LogP contribution < -0.4 is 5.32 Å². The van der Waals surface area contributed by atoms with Gasteiger partial charge in [-0.1, -0.05) is 18.2 Å². The number of nitrogens with zero attached hydrogens (tertiary/aromatic N) is 1. The molecule has 1 atom stereocenters. The summed E-state index contributed by atoms with van der Waals surface area (Å²) in [5.41, 5.74) is 0.929. The highest BCUT2D eigenvalue weighted by Crippen LogP contribution is 2.18. The van der Waals surface area contributed by atoms with Crippen LogP contribution in [0.1, 0.15) is 31.2 Å². The van der Waals surface area contributed by atoms with Crippen molar-refractivity contribution in [3.63, 3.8) is 0 Å². The minimum atomic E-state index is -0.330. The first-order valence-electron chi connectivity index (χ1n) is 6.82. The number of nitro groups is 1.